The average molecular weight is 275 g/mol. The number of hydrogen-bond donors (Lipinski definition) is 0. The third kappa shape index (κ3) is 2.57. The van der Waals surface area contributed by atoms with Gasteiger partial charge in [0.15, 0.2) is 6.20 Å². The van der Waals surface area contributed by atoms with Crippen molar-refractivity contribution in [1.82, 2.24) is 4.98 Å². The maximum atomic E-state index is 4.44. The second-order valence-corrected chi connectivity index (χ2v) is 5.37. The lowest BCUT2D eigenvalue weighted by molar-refractivity contribution is -0.661. The van der Waals surface area contributed by atoms with Gasteiger partial charge in [0.1, 0.15) is 12.7 Å². The van der Waals surface area contributed by atoms with Crippen molar-refractivity contribution in [2.75, 3.05) is 0 Å². The van der Waals surface area contributed by atoms with Gasteiger partial charge in [-0.1, -0.05) is 42.5 Å². The largest absolute Gasteiger partial charge is 0.248 e. The maximum Gasteiger partial charge on any atom is 0.233 e. The summed E-state index contributed by atoms with van der Waals surface area (Å²) in [7, 11) is 2.07. The van der Waals surface area contributed by atoms with Crippen molar-refractivity contribution in [3.05, 3.63) is 72.2 Å². The fraction of sp³-hybridized carbons (Fsp3) is 0.158. The second-order valence-electron chi connectivity index (χ2n) is 5.37. The molecule has 2 aromatic carbocycles. The lowest BCUT2D eigenvalue weighted by atomic mass is 9.97. The summed E-state index contributed by atoms with van der Waals surface area (Å²) in [5.41, 5.74) is 7.20. The summed E-state index contributed by atoms with van der Waals surface area (Å²) in [5.74, 6) is 0. The van der Waals surface area contributed by atoms with Crippen LogP contribution in [0.15, 0.2) is 60.9 Å². The minimum Gasteiger partial charge on any atom is -0.248 e. The highest BCUT2D eigenvalue weighted by Crippen LogP contribution is 2.28. The summed E-state index contributed by atoms with van der Waals surface area (Å²) in [6.07, 6.45) is 3.84. The molecule has 0 saturated heterocycles. The van der Waals surface area contributed by atoms with E-state index in [-0.39, 0.29) is 0 Å². The lowest BCUT2D eigenvalue weighted by Crippen LogP contribution is -2.32. The van der Waals surface area contributed by atoms with Gasteiger partial charge in [-0.15, -0.1) is 0 Å². The van der Waals surface area contributed by atoms with E-state index in [9.17, 15) is 0 Å². The normalized spacial score (nSPS) is 10.6. The van der Waals surface area contributed by atoms with Gasteiger partial charge in [-0.2, -0.15) is 4.57 Å². The molecular weight excluding hydrogens is 256 g/mol. The summed E-state index contributed by atoms with van der Waals surface area (Å²) in [5, 5.41) is 0. The van der Waals surface area contributed by atoms with Gasteiger partial charge in [-0.25, -0.2) is 4.98 Å². The van der Waals surface area contributed by atoms with E-state index in [0.717, 1.165) is 5.69 Å². The van der Waals surface area contributed by atoms with Crippen LogP contribution in [0.1, 0.15) is 11.3 Å². The van der Waals surface area contributed by atoms with Crippen molar-refractivity contribution >= 4 is 0 Å². The molecule has 21 heavy (non-hydrogen) atoms. The molecule has 0 atom stereocenters. The molecule has 0 saturated carbocycles. The molecule has 0 aliphatic rings. The maximum absolute atomic E-state index is 4.44. The highest BCUT2D eigenvalue weighted by molar-refractivity contribution is 5.73. The van der Waals surface area contributed by atoms with Crippen LogP contribution in [0, 0.1) is 13.8 Å². The van der Waals surface area contributed by atoms with Gasteiger partial charge in [0.2, 0.25) is 5.69 Å². The van der Waals surface area contributed by atoms with Gasteiger partial charge in [-0.05, 0) is 36.6 Å². The molecule has 104 valence electrons. The summed E-state index contributed by atoms with van der Waals surface area (Å²) in [4.78, 5) is 4.44. The van der Waals surface area contributed by atoms with Crippen molar-refractivity contribution in [2.45, 2.75) is 13.8 Å². The Morgan fingerprint density at radius 1 is 0.905 bits per heavy atom. The number of aryl methyl sites for hydroxylation is 3. The predicted octanol–water partition coefficient (Wildman–Crippen LogP) is 3.86. The van der Waals surface area contributed by atoms with Crippen molar-refractivity contribution in [2.24, 2.45) is 7.05 Å². The van der Waals surface area contributed by atoms with E-state index in [0.29, 0.717) is 0 Å². The van der Waals surface area contributed by atoms with Crippen LogP contribution >= 0.6 is 0 Å². The molecule has 0 spiro atoms. The molecule has 0 bridgehead atoms. The summed E-state index contributed by atoms with van der Waals surface area (Å²) in [6.45, 7) is 4.21. The predicted molar refractivity (Wildman–Crippen MR) is 85.8 cm³/mol. The van der Waals surface area contributed by atoms with Gasteiger partial charge < -0.3 is 0 Å². The van der Waals surface area contributed by atoms with Gasteiger partial charge in [0.05, 0.1) is 11.8 Å². The molecule has 0 unspecified atom stereocenters. The van der Waals surface area contributed by atoms with E-state index in [1.807, 2.05) is 18.5 Å². The number of rotatable bonds is 2. The van der Waals surface area contributed by atoms with E-state index in [1.165, 1.54) is 27.9 Å². The van der Waals surface area contributed by atoms with E-state index < -0.39 is 0 Å². The van der Waals surface area contributed by atoms with E-state index >= 15 is 0 Å². The third-order valence-corrected chi connectivity index (χ3v) is 3.85. The van der Waals surface area contributed by atoms with Crippen LogP contribution in [0.25, 0.3) is 22.4 Å². The van der Waals surface area contributed by atoms with Crippen LogP contribution in [0.5, 0.6) is 0 Å². The van der Waals surface area contributed by atoms with Crippen LogP contribution in [-0.2, 0) is 7.05 Å². The Balaban J connectivity index is 2.20. The highest BCUT2D eigenvalue weighted by Gasteiger charge is 2.17. The Bertz CT molecular complexity index is 757. The lowest BCUT2D eigenvalue weighted by Gasteiger charge is -2.09. The highest BCUT2D eigenvalue weighted by atomic mass is 15.0. The van der Waals surface area contributed by atoms with Gasteiger partial charge in [0.25, 0.3) is 0 Å². The minimum atomic E-state index is 1.05. The van der Waals surface area contributed by atoms with Crippen molar-refractivity contribution < 1.29 is 4.57 Å². The minimum absolute atomic E-state index is 1.05. The zero-order valence-electron chi connectivity index (χ0n) is 12.7. The van der Waals surface area contributed by atoms with E-state index in [4.69, 9.17) is 0 Å². The molecular formula is C19H19N2+. The van der Waals surface area contributed by atoms with Gasteiger partial charge in [-0.3, -0.25) is 0 Å². The van der Waals surface area contributed by atoms with Crippen molar-refractivity contribution in [3.8, 4) is 22.4 Å². The third-order valence-electron chi connectivity index (χ3n) is 3.85. The molecule has 3 rings (SSSR count). The van der Waals surface area contributed by atoms with E-state index in [2.05, 4.69) is 72.9 Å². The molecule has 0 radical (unpaired) electrons. The average Bonchev–Trinajstić information content (AvgIpc) is 2.50. The molecule has 1 aromatic heterocycles. The Kier molecular flexibility index (Phi) is 3.53. The number of hydrogen-bond acceptors (Lipinski definition) is 1. The van der Waals surface area contributed by atoms with Crippen LogP contribution in [0.3, 0.4) is 0 Å². The first kappa shape index (κ1) is 13.5. The monoisotopic (exact) mass is 275 g/mol. The summed E-state index contributed by atoms with van der Waals surface area (Å²) >= 11 is 0. The standard InChI is InChI=1S/C19H19N2/c1-14-9-10-17(16-7-5-4-6-8-16)13-18(14)19-15(2)20-11-12-21(19)3/h4-13H,1-3H3/q+1. The topological polar surface area (TPSA) is 16.8 Å². The summed E-state index contributed by atoms with van der Waals surface area (Å²) < 4.78 is 2.14. The molecule has 2 heteroatoms. The summed E-state index contributed by atoms with van der Waals surface area (Å²) in [6, 6.07) is 17.1. The molecule has 0 amide bonds. The number of aromatic nitrogens is 2. The first-order valence-corrected chi connectivity index (χ1v) is 7.14. The zero-order chi connectivity index (χ0) is 14.8. The van der Waals surface area contributed by atoms with Crippen molar-refractivity contribution in [3.63, 3.8) is 0 Å². The fourth-order valence-electron chi connectivity index (χ4n) is 2.71. The zero-order valence-corrected chi connectivity index (χ0v) is 12.7. The quantitative estimate of drug-likeness (QED) is 0.649. The molecule has 0 fully saturated rings. The number of nitrogens with zero attached hydrogens (tertiary/aromatic N) is 2. The molecule has 0 N–H and O–H groups in total. The van der Waals surface area contributed by atoms with Crippen molar-refractivity contribution in [1.29, 1.82) is 0 Å². The SMILES string of the molecule is Cc1ccc(-c2ccccc2)cc1-c1c(C)ncc[n+]1C. The number of benzene rings is 2. The molecule has 2 nitrogen and oxygen atoms in total. The fourth-order valence-corrected chi connectivity index (χ4v) is 2.71. The second kappa shape index (κ2) is 5.49. The molecule has 3 aromatic rings. The van der Waals surface area contributed by atoms with Crippen LogP contribution in [0.4, 0.5) is 0 Å². The van der Waals surface area contributed by atoms with Crippen LogP contribution < -0.4 is 4.57 Å². The van der Waals surface area contributed by atoms with Crippen LogP contribution in [0.2, 0.25) is 0 Å². The molecule has 0 aliphatic heterocycles. The first-order valence-electron chi connectivity index (χ1n) is 7.14. The molecule has 1 heterocycles. The Morgan fingerprint density at radius 2 is 1.67 bits per heavy atom. The Morgan fingerprint density at radius 3 is 2.38 bits per heavy atom. The first-order chi connectivity index (χ1) is 10.2. The smallest absolute Gasteiger partial charge is 0.233 e. The Labute approximate surface area is 125 Å². The van der Waals surface area contributed by atoms with Crippen LogP contribution in [-0.4, -0.2) is 4.98 Å². The Hall–Kier alpha value is -2.48. The van der Waals surface area contributed by atoms with Gasteiger partial charge in [0, 0.05) is 0 Å². The van der Waals surface area contributed by atoms with E-state index in [1.54, 1.807) is 0 Å². The molecule has 0 aliphatic carbocycles. The van der Waals surface area contributed by atoms with Gasteiger partial charge >= 0.3 is 0 Å².